The monoisotopic (exact) mass is 255 g/mol. The fraction of sp³-hybridized carbons (Fsp3) is 0.444. The third-order valence-electron chi connectivity index (χ3n) is 2.51. The molecule has 7 N–H and O–H groups in total. The molecule has 1 aromatic rings. The minimum absolute atomic E-state index is 0.0432. The molecule has 1 aromatic heterocycles. The standard InChI is InChI=1S/C9H13N5O4/c10-9-13-7-5(8(18)14-9)11-1-3(12-7)6(17)4(16)2-15/h4,6,11,15-17H,1-2H2,(H3,10,13,14,18)/t4-,6-/m1/s1. The highest BCUT2D eigenvalue weighted by molar-refractivity contribution is 5.97. The Morgan fingerprint density at radius 2 is 2.17 bits per heavy atom. The number of nitrogens with two attached hydrogens (primary N) is 1. The Labute approximate surface area is 101 Å². The van der Waals surface area contributed by atoms with Crippen molar-refractivity contribution in [3.63, 3.8) is 0 Å². The van der Waals surface area contributed by atoms with E-state index in [1.807, 2.05) is 0 Å². The number of aromatic nitrogens is 2. The van der Waals surface area contributed by atoms with Gasteiger partial charge in [0.05, 0.1) is 18.9 Å². The van der Waals surface area contributed by atoms with E-state index in [0.717, 1.165) is 0 Å². The summed E-state index contributed by atoms with van der Waals surface area (Å²) in [5.74, 6) is -0.0514. The zero-order valence-corrected chi connectivity index (χ0v) is 9.29. The van der Waals surface area contributed by atoms with Crippen molar-refractivity contribution in [1.82, 2.24) is 9.97 Å². The van der Waals surface area contributed by atoms with Crippen molar-refractivity contribution >= 4 is 23.2 Å². The molecule has 0 unspecified atom stereocenters. The van der Waals surface area contributed by atoms with Gasteiger partial charge in [0.2, 0.25) is 5.95 Å². The van der Waals surface area contributed by atoms with Gasteiger partial charge in [-0.1, -0.05) is 0 Å². The summed E-state index contributed by atoms with van der Waals surface area (Å²) in [6, 6.07) is 0. The normalized spacial score (nSPS) is 17.4. The lowest BCUT2D eigenvalue weighted by molar-refractivity contribution is 0.0180. The number of aliphatic hydroxyl groups excluding tert-OH is 3. The average Bonchev–Trinajstić information content (AvgIpc) is 2.36. The van der Waals surface area contributed by atoms with Crippen LogP contribution in [0.3, 0.4) is 0 Å². The number of fused-ring (bicyclic) bond motifs is 1. The van der Waals surface area contributed by atoms with E-state index < -0.39 is 24.4 Å². The highest BCUT2D eigenvalue weighted by Gasteiger charge is 2.25. The lowest BCUT2D eigenvalue weighted by Gasteiger charge is -2.22. The summed E-state index contributed by atoms with van der Waals surface area (Å²) in [6.45, 7) is -0.530. The summed E-state index contributed by atoms with van der Waals surface area (Å²) < 4.78 is 0. The molecule has 9 nitrogen and oxygen atoms in total. The molecule has 2 heterocycles. The molecule has 9 heteroatoms. The Hall–Kier alpha value is -1.97. The Bertz CT molecular complexity index is 540. The van der Waals surface area contributed by atoms with Crippen molar-refractivity contribution in [3.05, 3.63) is 10.4 Å². The highest BCUT2D eigenvalue weighted by Crippen LogP contribution is 2.22. The Morgan fingerprint density at radius 1 is 1.44 bits per heavy atom. The second kappa shape index (κ2) is 4.72. The first-order chi connectivity index (χ1) is 8.52. The quantitative estimate of drug-likeness (QED) is 0.350. The fourth-order valence-electron chi connectivity index (χ4n) is 1.57. The molecule has 2 rings (SSSR count). The van der Waals surface area contributed by atoms with E-state index in [4.69, 9.17) is 10.8 Å². The Balaban J connectivity index is 2.38. The molecule has 0 saturated heterocycles. The topological polar surface area (TPSA) is 157 Å². The van der Waals surface area contributed by atoms with E-state index >= 15 is 0 Å². The zero-order chi connectivity index (χ0) is 13.3. The van der Waals surface area contributed by atoms with Crippen molar-refractivity contribution < 1.29 is 15.3 Å². The van der Waals surface area contributed by atoms with E-state index in [9.17, 15) is 15.0 Å². The maximum Gasteiger partial charge on any atom is 0.277 e. The van der Waals surface area contributed by atoms with Gasteiger partial charge in [0.25, 0.3) is 5.56 Å². The Morgan fingerprint density at radius 3 is 2.83 bits per heavy atom. The highest BCUT2D eigenvalue weighted by atomic mass is 16.4. The van der Waals surface area contributed by atoms with Crippen LogP contribution in [0.1, 0.15) is 0 Å². The van der Waals surface area contributed by atoms with Crippen molar-refractivity contribution in [2.24, 2.45) is 4.99 Å². The number of hydrogen-bond donors (Lipinski definition) is 6. The fourth-order valence-corrected chi connectivity index (χ4v) is 1.57. The summed E-state index contributed by atoms with van der Waals surface area (Å²) in [4.78, 5) is 21.6. The summed E-state index contributed by atoms with van der Waals surface area (Å²) >= 11 is 0. The molecule has 0 saturated carbocycles. The molecule has 1 aliphatic heterocycles. The molecule has 0 aliphatic carbocycles. The average molecular weight is 255 g/mol. The lowest BCUT2D eigenvalue weighted by atomic mass is 10.1. The van der Waals surface area contributed by atoms with Crippen LogP contribution in [0.5, 0.6) is 0 Å². The number of nitrogens with zero attached hydrogens (tertiary/aromatic N) is 2. The minimum Gasteiger partial charge on any atom is -0.394 e. The first-order valence-electron chi connectivity index (χ1n) is 5.21. The molecular formula is C9H13N5O4. The van der Waals surface area contributed by atoms with Gasteiger partial charge < -0.3 is 26.4 Å². The number of aliphatic imine (C=N–C) groups is 1. The van der Waals surface area contributed by atoms with Gasteiger partial charge in [-0.05, 0) is 0 Å². The van der Waals surface area contributed by atoms with Crippen LogP contribution in [-0.4, -0.2) is 56.4 Å². The van der Waals surface area contributed by atoms with Crippen LogP contribution in [0.25, 0.3) is 0 Å². The van der Waals surface area contributed by atoms with Crippen LogP contribution in [0, 0.1) is 0 Å². The van der Waals surface area contributed by atoms with Crippen LogP contribution in [0.4, 0.5) is 17.5 Å². The first kappa shape index (κ1) is 12.5. The van der Waals surface area contributed by atoms with Crippen molar-refractivity contribution in [1.29, 1.82) is 0 Å². The number of rotatable bonds is 3. The van der Waals surface area contributed by atoms with Crippen molar-refractivity contribution in [2.45, 2.75) is 12.2 Å². The Kier molecular flexibility index (Phi) is 3.28. The summed E-state index contributed by atoms with van der Waals surface area (Å²) in [6.07, 6.45) is -2.68. The van der Waals surface area contributed by atoms with E-state index in [0.29, 0.717) is 0 Å². The number of nitrogen functional groups attached to an aromatic ring is 1. The number of anilines is 2. The van der Waals surface area contributed by atoms with Crippen LogP contribution in [-0.2, 0) is 0 Å². The molecule has 0 aromatic carbocycles. The largest absolute Gasteiger partial charge is 0.394 e. The number of aliphatic hydroxyl groups is 3. The van der Waals surface area contributed by atoms with E-state index in [1.54, 1.807) is 0 Å². The molecule has 0 amide bonds. The zero-order valence-electron chi connectivity index (χ0n) is 9.29. The SMILES string of the molecule is Nc1nc2c(c(=O)[nH]1)NCC([C@@H](O)[C@H](O)CO)=N2. The lowest BCUT2D eigenvalue weighted by Crippen LogP contribution is -2.41. The number of aromatic amines is 1. The summed E-state index contributed by atoms with van der Waals surface area (Å²) in [5, 5.41) is 30.5. The molecule has 0 fully saturated rings. The van der Waals surface area contributed by atoms with Crippen LogP contribution < -0.4 is 16.6 Å². The van der Waals surface area contributed by atoms with Gasteiger partial charge >= 0.3 is 0 Å². The van der Waals surface area contributed by atoms with Gasteiger partial charge in [-0.25, -0.2) is 4.99 Å². The molecule has 0 bridgehead atoms. The maximum atomic E-state index is 11.5. The van der Waals surface area contributed by atoms with E-state index in [2.05, 4.69) is 20.3 Å². The van der Waals surface area contributed by atoms with E-state index in [1.165, 1.54) is 0 Å². The molecule has 0 spiro atoms. The second-order valence-electron chi connectivity index (χ2n) is 3.80. The second-order valence-corrected chi connectivity index (χ2v) is 3.80. The molecule has 18 heavy (non-hydrogen) atoms. The van der Waals surface area contributed by atoms with Gasteiger partial charge in [0.1, 0.15) is 17.9 Å². The van der Waals surface area contributed by atoms with Gasteiger partial charge in [0, 0.05) is 0 Å². The first-order valence-corrected chi connectivity index (χ1v) is 5.21. The van der Waals surface area contributed by atoms with Gasteiger partial charge in [-0.2, -0.15) is 4.98 Å². The smallest absolute Gasteiger partial charge is 0.277 e. The van der Waals surface area contributed by atoms with E-state index in [-0.39, 0.29) is 29.7 Å². The third kappa shape index (κ3) is 2.18. The summed E-state index contributed by atoms with van der Waals surface area (Å²) in [7, 11) is 0. The van der Waals surface area contributed by atoms with Crippen LogP contribution >= 0.6 is 0 Å². The van der Waals surface area contributed by atoms with Crippen LogP contribution in [0.15, 0.2) is 9.79 Å². The van der Waals surface area contributed by atoms with Gasteiger partial charge in [-0.15, -0.1) is 0 Å². The van der Waals surface area contributed by atoms with Gasteiger partial charge in [-0.3, -0.25) is 9.78 Å². The minimum atomic E-state index is -1.34. The van der Waals surface area contributed by atoms with Crippen molar-refractivity contribution in [2.75, 3.05) is 24.2 Å². The maximum absolute atomic E-state index is 11.5. The summed E-state index contributed by atoms with van der Waals surface area (Å²) in [5.41, 5.74) is 5.23. The molecule has 0 radical (unpaired) electrons. The van der Waals surface area contributed by atoms with Crippen LogP contribution in [0.2, 0.25) is 0 Å². The predicted octanol–water partition coefficient (Wildman–Crippen LogP) is -2.44. The predicted molar refractivity (Wildman–Crippen MR) is 64.0 cm³/mol. The van der Waals surface area contributed by atoms with Gasteiger partial charge in [0.15, 0.2) is 5.82 Å². The molecular weight excluding hydrogens is 242 g/mol. The molecule has 2 atom stereocenters. The molecule has 98 valence electrons. The number of H-pyrrole nitrogens is 1. The number of hydrogen-bond acceptors (Lipinski definition) is 8. The van der Waals surface area contributed by atoms with Crippen molar-refractivity contribution in [3.8, 4) is 0 Å². The third-order valence-corrected chi connectivity index (χ3v) is 2.51. The molecule has 1 aliphatic rings. The number of nitrogens with one attached hydrogen (secondary N) is 2.